The van der Waals surface area contributed by atoms with Gasteiger partial charge in [0.25, 0.3) is 0 Å². The summed E-state index contributed by atoms with van der Waals surface area (Å²) < 4.78 is 12.3. The van der Waals surface area contributed by atoms with Gasteiger partial charge in [0.05, 0.1) is 11.4 Å². The maximum Gasteiger partial charge on any atom is 0.142 e. The average molecular weight is 475 g/mol. The van der Waals surface area contributed by atoms with Crippen LogP contribution in [0.25, 0.3) is 10.8 Å². The van der Waals surface area contributed by atoms with Gasteiger partial charge < -0.3 is 31.2 Å². The van der Waals surface area contributed by atoms with Crippen LogP contribution in [0.5, 0.6) is 34.5 Å². The summed E-state index contributed by atoms with van der Waals surface area (Å²) in [4.78, 5) is 0. The highest BCUT2D eigenvalue weighted by atomic mass is 16.5. The third kappa shape index (κ3) is 4.67. The van der Waals surface area contributed by atoms with Crippen molar-refractivity contribution in [3.8, 4) is 46.3 Å². The highest BCUT2D eigenvalue weighted by molar-refractivity contribution is 5.98. The summed E-state index contributed by atoms with van der Waals surface area (Å²) in [6.45, 7) is 0. The van der Waals surface area contributed by atoms with Gasteiger partial charge in [-0.2, -0.15) is 0 Å². The van der Waals surface area contributed by atoms with E-state index >= 15 is 0 Å². The molecule has 0 atom stereocenters. The van der Waals surface area contributed by atoms with E-state index in [2.05, 4.69) is 11.8 Å². The fourth-order valence-electron chi connectivity index (χ4n) is 3.71. The van der Waals surface area contributed by atoms with Crippen molar-refractivity contribution in [3.05, 3.63) is 108 Å². The molecule has 0 radical (unpaired) electrons. The van der Waals surface area contributed by atoms with Crippen LogP contribution < -0.4 is 20.9 Å². The van der Waals surface area contributed by atoms with E-state index in [1.165, 1.54) is 12.1 Å². The molecule has 0 heterocycles. The largest absolute Gasteiger partial charge is 0.506 e. The van der Waals surface area contributed by atoms with Crippen LogP contribution in [-0.4, -0.2) is 10.2 Å². The van der Waals surface area contributed by atoms with E-state index in [0.717, 1.165) is 21.9 Å². The monoisotopic (exact) mass is 474 g/mol. The Labute approximate surface area is 208 Å². The van der Waals surface area contributed by atoms with Crippen molar-refractivity contribution < 1.29 is 19.7 Å². The van der Waals surface area contributed by atoms with Gasteiger partial charge >= 0.3 is 0 Å². The van der Waals surface area contributed by atoms with Crippen LogP contribution >= 0.6 is 0 Å². The molecule has 0 aliphatic carbocycles. The summed E-state index contributed by atoms with van der Waals surface area (Å²) >= 11 is 0. The Morgan fingerprint density at radius 3 is 1.86 bits per heavy atom. The summed E-state index contributed by atoms with van der Waals surface area (Å²) in [5, 5.41) is 21.5. The van der Waals surface area contributed by atoms with Crippen molar-refractivity contribution in [3.63, 3.8) is 0 Å². The zero-order valence-corrected chi connectivity index (χ0v) is 19.1. The summed E-state index contributed by atoms with van der Waals surface area (Å²) in [6, 6.07) is 28.4. The maximum absolute atomic E-state index is 10.0. The van der Waals surface area contributed by atoms with E-state index in [-0.39, 0.29) is 22.9 Å². The molecule has 0 fully saturated rings. The van der Waals surface area contributed by atoms with Crippen LogP contribution in [0.1, 0.15) is 11.1 Å². The van der Waals surface area contributed by atoms with Crippen molar-refractivity contribution in [2.75, 3.05) is 11.5 Å². The quantitative estimate of drug-likeness (QED) is 0.136. The number of hydrogen-bond acceptors (Lipinski definition) is 6. The molecule has 0 aliphatic heterocycles. The molecule has 5 aromatic rings. The number of ether oxygens (including phenoxy) is 2. The van der Waals surface area contributed by atoms with E-state index in [1.807, 2.05) is 60.7 Å². The molecule has 6 nitrogen and oxygen atoms in total. The van der Waals surface area contributed by atoms with E-state index in [0.29, 0.717) is 23.0 Å². The average Bonchev–Trinajstić information content (AvgIpc) is 2.89. The third-order valence-corrected chi connectivity index (χ3v) is 5.54. The normalized spacial score (nSPS) is 10.4. The predicted molar refractivity (Wildman–Crippen MR) is 142 cm³/mol. The first kappa shape index (κ1) is 22.5. The molecule has 176 valence electrons. The Kier molecular flexibility index (Phi) is 5.96. The summed E-state index contributed by atoms with van der Waals surface area (Å²) in [6.07, 6.45) is 0. The van der Waals surface area contributed by atoms with Gasteiger partial charge in [-0.3, -0.25) is 0 Å². The summed E-state index contributed by atoms with van der Waals surface area (Å²) in [7, 11) is 0. The number of rotatable bonds is 4. The molecule has 0 unspecified atom stereocenters. The Bertz CT molecular complexity index is 1640. The number of anilines is 2. The molecule has 0 saturated carbocycles. The predicted octanol–water partition coefficient (Wildman–Crippen LogP) is 6.40. The van der Waals surface area contributed by atoms with Gasteiger partial charge in [0, 0.05) is 34.0 Å². The Morgan fingerprint density at radius 2 is 1.22 bits per heavy atom. The Balaban J connectivity index is 1.64. The van der Waals surface area contributed by atoms with Gasteiger partial charge in [-0.1, -0.05) is 42.2 Å². The molecule has 6 N–H and O–H groups in total. The standard InChI is InChI=1S/C30H22N2O4/c31-24-14-12-21(17-26(24)33)35-28-16-11-20(10-9-19-5-2-1-3-6-19)30-23(28)7-4-8-29(30)36-22-13-15-25(32)27(34)18-22/h1-8,11-18,33-34H,31-32H2. The number of nitrogen functional groups attached to an aromatic ring is 2. The summed E-state index contributed by atoms with van der Waals surface area (Å²) in [5.41, 5.74) is 13.6. The molecule has 5 aromatic carbocycles. The van der Waals surface area contributed by atoms with Gasteiger partial charge in [-0.15, -0.1) is 0 Å². The molecule has 0 aliphatic rings. The van der Waals surface area contributed by atoms with Crippen molar-refractivity contribution >= 4 is 22.1 Å². The minimum absolute atomic E-state index is 0.0608. The van der Waals surface area contributed by atoms with Crippen LogP contribution in [0.4, 0.5) is 11.4 Å². The lowest BCUT2D eigenvalue weighted by Crippen LogP contribution is -1.93. The van der Waals surface area contributed by atoms with Crippen LogP contribution in [0.15, 0.2) is 97.1 Å². The number of fused-ring (bicyclic) bond motifs is 1. The molecule has 36 heavy (non-hydrogen) atoms. The van der Waals surface area contributed by atoms with Crippen molar-refractivity contribution in [1.82, 2.24) is 0 Å². The topological polar surface area (TPSA) is 111 Å². The molecular formula is C30H22N2O4. The highest BCUT2D eigenvalue weighted by Gasteiger charge is 2.14. The molecule has 0 aromatic heterocycles. The number of benzene rings is 5. The molecule has 0 saturated heterocycles. The van der Waals surface area contributed by atoms with Gasteiger partial charge in [0.2, 0.25) is 0 Å². The first-order valence-corrected chi connectivity index (χ1v) is 11.1. The lowest BCUT2D eigenvalue weighted by atomic mass is 10.0. The number of nitrogens with two attached hydrogens (primary N) is 2. The van der Waals surface area contributed by atoms with Gasteiger partial charge in [0.1, 0.15) is 34.5 Å². The molecular weight excluding hydrogens is 452 g/mol. The Hall–Kier alpha value is -5.28. The zero-order valence-electron chi connectivity index (χ0n) is 19.1. The lowest BCUT2D eigenvalue weighted by Gasteiger charge is -2.15. The van der Waals surface area contributed by atoms with Crippen molar-refractivity contribution in [2.45, 2.75) is 0 Å². The minimum atomic E-state index is -0.0657. The highest BCUT2D eigenvalue weighted by Crippen LogP contribution is 2.40. The van der Waals surface area contributed by atoms with Crippen LogP contribution in [0.3, 0.4) is 0 Å². The second kappa shape index (κ2) is 9.53. The van der Waals surface area contributed by atoms with E-state index < -0.39 is 0 Å². The fraction of sp³-hybridized carbons (Fsp3) is 0. The summed E-state index contributed by atoms with van der Waals surface area (Å²) in [5.74, 6) is 8.24. The zero-order chi connectivity index (χ0) is 25.1. The number of phenols is 2. The van der Waals surface area contributed by atoms with Crippen LogP contribution in [0.2, 0.25) is 0 Å². The van der Waals surface area contributed by atoms with Crippen LogP contribution in [0, 0.1) is 11.8 Å². The van der Waals surface area contributed by atoms with Crippen molar-refractivity contribution in [2.24, 2.45) is 0 Å². The molecule has 0 spiro atoms. The van der Waals surface area contributed by atoms with Gasteiger partial charge in [-0.05, 0) is 54.6 Å². The van der Waals surface area contributed by atoms with Gasteiger partial charge in [0.15, 0.2) is 0 Å². The number of phenolic OH excluding ortho intramolecular Hbond substituents is 2. The lowest BCUT2D eigenvalue weighted by molar-refractivity contribution is 0.456. The molecule has 0 amide bonds. The maximum atomic E-state index is 10.0. The first-order valence-electron chi connectivity index (χ1n) is 11.1. The van der Waals surface area contributed by atoms with Gasteiger partial charge in [-0.25, -0.2) is 0 Å². The second-order valence-electron chi connectivity index (χ2n) is 8.05. The van der Waals surface area contributed by atoms with E-state index in [9.17, 15) is 10.2 Å². The molecule has 0 bridgehead atoms. The van der Waals surface area contributed by atoms with E-state index in [4.69, 9.17) is 20.9 Å². The Morgan fingerprint density at radius 1 is 0.583 bits per heavy atom. The number of hydrogen-bond donors (Lipinski definition) is 4. The van der Waals surface area contributed by atoms with Crippen molar-refractivity contribution in [1.29, 1.82) is 0 Å². The smallest absolute Gasteiger partial charge is 0.142 e. The number of aromatic hydroxyl groups is 2. The fourth-order valence-corrected chi connectivity index (χ4v) is 3.71. The van der Waals surface area contributed by atoms with Crippen LogP contribution in [-0.2, 0) is 0 Å². The molecule has 6 heteroatoms. The minimum Gasteiger partial charge on any atom is -0.506 e. The SMILES string of the molecule is Nc1ccc(Oc2ccc(C#Cc3ccccc3)c3c(Oc4ccc(N)c(O)c4)cccc23)cc1O. The molecule has 5 rings (SSSR count). The van der Waals surface area contributed by atoms with E-state index in [1.54, 1.807) is 24.3 Å². The second-order valence-corrected chi connectivity index (χ2v) is 8.05. The third-order valence-electron chi connectivity index (χ3n) is 5.54. The first-order chi connectivity index (χ1) is 17.5.